The Balaban J connectivity index is 2.24. The molecule has 1 aliphatic rings. The summed E-state index contributed by atoms with van der Waals surface area (Å²) in [5, 5.41) is 11.1. The fourth-order valence-corrected chi connectivity index (χ4v) is 2.67. The number of aliphatic carboxylic acids is 1. The van der Waals surface area contributed by atoms with Crippen molar-refractivity contribution in [1.82, 2.24) is 10.2 Å². The van der Waals surface area contributed by atoms with Gasteiger partial charge in [-0.15, -0.1) is 0 Å². The van der Waals surface area contributed by atoms with E-state index >= 15 is 0 Å². The molecule has 1 saturated heterocycles. The highest BCUT2D eigenvalue weighted by Crippen LogP contribution is 2.19. The van der Waals surface area contributed by atoms with Crippen molar-refractivity contribution in [2.24, 2.45) is 0 Å². The molecule has 0 aliphatic carbocycles. The van der Waals surface area contributed by atoms with E-state index in [4.69, 9.17) is 9.84 Å². The molecule has 0 radical (unpaired) electrons. The average molecular weight is 320 g/mol. The molecule has 0 saturated carbocycles. The van der Waals surface area contributed by atoms with E-state index in [0.717, 1.165) is 0 Å². The third kappa shape index (κ3) is 4.29. The van der Waals surface area contributed by atoms with Crippen molar-refractivity contribution in [2.45, 2.75) is 32.1 Å². The van der Waals surface area contributed by atoms with Gasteiger partial charge < -0.3 is 20.1 Å². The van der Waals surface area contributed by atoms with E-state index in [1.54, 1.807) is 35.2 Å². The van der Waals surface area contributed by atoms with Crippen LogP contribution in [-0.4, -0.2) is 53.1 Å². The highest BCUT2D eigenvalue weighted by atomic mass is 16.5. The number of hydrogen-bond acceptors (Lipinski definition) is 4. The summed E-state index contributed by atoms with van der Waals surface area (Å²) in [6.07, 6.45) is -0.233. The number of carboxylic acids is 1. The summed E-state index contributed by atoms with van der Waals surface area (Å²) in [7, 11) is 0. The molecule has 0 aromatic heterocycles. The molecule has 1 heterocycles. The van der Waals surface area contributed by atoms with E-state index in [2.05, 4.69) is 5.32 Å². The van der Waals surface area contributed by atoms with Gasteiger partial charge in [0, 0.05) is 13.1 Å². The average Bonchev–Trinajstić information content (AvgIpc) is 2.51. The van der Waals surface area contributed by atoms with Crippen LogP contribution in [0.3, 0.4) is 0 Å². The minimum Gasteiger partial charge on any atom is -0.474 e. The molecule has 2 amide bonds. The van der Waals surface area contributed by atoms with E-state index in [-0.39, 0.29) is 18.1 Å². The summed E-state index contributed by atoms with van der Waals surface area (Å²) in [5.74, 6) is -3.17. The van der Waals surface area contributed by atoms with Crippen LogP contribution in [0.25, 0.3) is 0 Å². The standard InChI is InChI=1S/C16H20N2O5/c1-10-8-18(9-11(2)23-10)15(20)13(17-14(19)16(21)22)12-6-4-3-5-7-12/h3-7,10-11,13H,8-9H2,1-2H3,(H,17,19)(H,21,22)/t10-,11+,13-/m0/s1. The van der Waals surface area contributed by atoms with E-state index in [1.807, 2.05) is 13.8 Å². The molecule has 0 bridgehead atoms. The van der Waals surface area contributed by atoms with Gasteiger partial charge in [-0.3, -0.25) is 9.59 Å². The van der Waals surface area contributed by atoms with E-state index in [9.17, 15) is 14.4 Å². The number of amides is 2. The molecule has 1 aromatic carbocycles. The van der Waals surface area contributed by atoms with Crippen LogP contribution < -0.4 is 5.32 Å². The van der Waals surface area contributed by atoms with Crippen molar-refractivity contribution in [3.63, 3.8) is 0 Å². The molecule has 0 spiro atoms. The minimum absolute atomic E-state index is 0.116. The lowest BCUT2D eigenvalue weighted by molar-refractivity contribution is -0.153. The van der Waals surface area contributed by atoms with Crippen LogP contribution in [0.5, 0.6) is 0 Å². The van der Waals surface area contributed by atoms with Crippen LogP contribution in [-0.2, 0) is 19.1 Å². The number of carbonyl (C=O) groups is 3. The van der Waals surface area contributed by atoms with Gasteiger partial charge in [-0.1, -0.05) is 30.3 Å². The molecular formula is C16H20N2O5. The van der Waals surface area contributed by atoms with Gasteiger partial charge in [0.25, 0.3) is 0 Å². The van der Waals surface area contributed by atoms with Crippen molar-refractivity contribution in [3.8, 4) is 0 Å². The maximum absolute atomic E-state index is 12.8. The zero-order chi connectivity index (χ0) is 17.0. The van der Waals surface area contributed by atoms with E-state index in [0.29, 0.717) is 18.7 Å². The topological polar surface area (TPSA) is 95.9 Å². The van der Waals surface area contributed by atoms with Gasteiger partial charge in [0.15, 0.2) is 0 Å². The van der Waals surface area contributed by atoms with Gasteiger partial charge in [-0.05, 0) is 19.4 Å². The lowest BCUT2D eigenvalue weighted by Gasteiger charge is -2.37. The van der Waals surface area contributed by atoms with Crippen molar-refractivity contribution in [3.05, 3.63) is 35.9 Å². The van der Waals surface area contributed by atoms with Crippen LogP contribution in [0.15, 0.2) is 30.3 Å². The van der Waals surface area contributed by atoms with Crippen LogP contribution >= 0.6 is 0 Å². The van der Waals surface area contributed by atoms with Gasteiger partial charge in [0.05, 0.1) is 12.2 Å². The number of carbonyl (C=O) groups excluding carboxylic acids is 2. The first-order chi connectivity index (χ1) is 10.9. The lowest BCUT2D eigenvalue weighted by Crippen LogP contribution is -2.52. The van der Waals surface area contributed by atoms with Crippen LogP contribution in [0.4, 0.5) is 0 Å². The molecule has 1 aromatic rings. The molecule has 124 valence electrons. The van der Waals surface area contributed by atoms with Crippen molar-refractivity contribution >= 4 is 17.8 Å². The molecule has 2 N–H and O–H groups in total. The number of hydrogen-bond donors (Lipinski definition) is 2. The molecule has 23 heavy (non-hydrogen) atoms. The zero-order valence-corrected chi connectivity index (χ0v) is 13.1. The number of benzene rings is 1. The van der Waals surface area contributed by atoms with Crippen LogP contribution in [0.2, 0.25) is 0 Å². The first kappa shape index (κ1) is 17.0. The Morgan fingerprint density at radius 2 is 1.74 bits per heavy atom. The quantitative estimate of drug-likeness (QED) is 0.794. The minimum atomic E-state index is -1.62. The highest BCUT2D eigenvalue weighted by Gasteiger charge is 2.33. The summed E-state index contributed by atoms with van der Waals surface area (Å²) in [4.78, 5) is 36.8. The number of nitrogens with one attached hydrogen (secondary N) is 1. The number of ether oxygens (including phenoxy) is 1. The summed E-state index contributed by atoms with van der Waals surface area (Å²) in [6, 6.07) is 7.57. The number of morpholine rings is 1. The SMILES string of the molecule is C[C@@H]1CN(C(=O)[C@@H](NC(=O)C(=O)O)c2ccccc2)C[C@H](C)O1. The predicted octanol–water partition coefficient (Wildman–Crippen LogP) is 0.564. The fraction of sp³-hybridized carbons (Fsp3) is 0.438. The monoisotopic (exact) mass is 320 g/mol. The Kier molecular flexibility index (Phi) is 5.33. The second-order valence-corrected chi connectivity index (χ2v) is 5.62. The smallest absolute Gasteiger partial charge is 0.394 e. The molecule has 3 atom stereocenters. The van der Waals surface area contributed by atoms with E-state index in [1.165, 1.54) is 0 Å². The van der Waals surface area contributed by atoms with Gasteiger partial charge in [0.2, 0.25) is 5.91 Å². The number of nitrogens with zero attached hydrogens (tertiary/aromatic N) is 1. The third-order valence-corrected chi connectivity index (χ3v) is 3.58. The Morgan fingerprint density at radius 3 is 2.26 bits per heavy atom. The molecule has 2 rings (SSSR count). The summed E-state index contributed by atoms with van der Waals surface area (Å²) >= 11 is 0. The summed E-state index contributed by atoms with van der Waals surface area (Å²) < 4.78 is 5.60. The first-order valence-corrected chi connectivity index (χ1v) is 7.41. The normalized spacial score (nSPS) is 22.3. The van der Waals surface area contributed by atoms with Crippen LogP contribution in [0.1, 0.15) is 25.5 Å². The van der Waals surface area contributed by atoms with E-state index < -0.39 is 17.9 Å². The van der Waals surface area contributed by atoms with Gasteiger partial charge in [-0.25, -0.2) is 4.79 Å². The molecular weight excluding hydrogens is 300 g/mol. The van der Waals surface area contributed by atoms with Crippen molar-refractivity contribution < 1.29 is 24.2 Å². The molecule has 1 aliphatic heterocycles. The Labute approximate surface area is 134 Å². The molecule has 0 unspecified atom stereocenters. The third-order valence-electron chi connectivity index (χ3n) is 3.58. The van der Waals surface area contributed by atoms with Gasteiger partial charge >= 0.3 is 11.9 Å². The van der Waals surface area contributed by atoms with Gasteiger partial charge in [0.1, 0.15) is 6.04 Å². The maximum atomic E-state index is 12.8. The maximum Gasteiger partial charge on any atom is 0.394 e. The molecule has 1 fully saturated rings. The Bertz CT molecular complexity index is 579. The number of rotatable bonds is 3. The predicted molar refractivity (Wildman–Crippen MR) is 81.6 cm³/mol. The largest absolute Gasteiger partial charge is 0.474 e. The van der Waals surface area contributed by atoms with Gasteiger partial charge in [-0.2, -0.15) is 0 Å². The lowest BCUT2D eigenvalue weighted by atomic mass is 10.0. The first-order valence-electron chi connectivity index (χ1n) is 7.41. The number of carboxylic acid groups (broad SMARTS) is 1. The Morgan fingerprint density at radius 1 is 1.17 bits per heavy atom. The second-order valence-electron chi connectivity index (χ2n) is 5.62. The second kappa shape index (κ2) is 7.23. The summed E-state index contributed by atoms with van der Waals surface area (Å²) in [6.45, 7) is 4.53. The van der Waals surface area contributed by atoms with Crippen molar-refractivity contribution in [2.75, 3.05) is 13.1 Å². The highest BCUT2D eigenvalue weighted by molar-refractivity contribution is 6.32. The fourth-order valence-electron chi connectivity index (χ4n) is 2.67. The Hall–Kier alpha value is -2.41. The van der Waals surface area contributed by atoms with Crippen LogP contribution in [0, 0.1) is 0 Å². The summed E-state index contributed by atoms with van der Waals surface area (Å²) in [5.41, 5.74) is 0.541. The van der Waals surface area contributed by atoms with Crippen molar-refractivity contribution in [1.29, 1.82) is 0 Å². The molecule has 7 heteroatoms. The zero-order valence-electron chi connectivity index (χ0n) is 13.1. The molecule has 7 nitrogen and oxygen atoms in total.